The number of nitrogens with zero attached hydrogens (tertiary/aromatic N) is 4. The molecule has 0 aliphatic heterocycles. The lowest BCUT2D eigenvalue weighted by atomic mass is 10.3. The minimum Gasteiger partial charge on any atom is -0.340 e. The Morgan fingerprint density at radius 3 is 2.79 bits per heavy atom. The molecule has 8 heteroatoms. The van der Waals surface area contributed by atoms with Crippen molar-refractivity contribution >= 4 is 28.9 Å². The van der Waals surface area contributed by atoms with Gasteiger partial charge in [-0.1, -0.05) is 11.6 Å². The van der Waals surface area contributed by atoms with Crippen LogP contribution in [0.25, 0.3) is 5.78 Å². The Morgan fingerprint density at radius 2 is 2.00 bits per heavy atom. The van der Waals surface area contributed by atoms with E-state index in [1.54, 1.807) is 0 Å². The van der Waals surface area contributed by atoms with E-state index in [4.69, 9.17) is 11.6 Å². The van der Waals surface area contributed by atoms with Crippen LogP contribution in [0.4, 0.5) is 20.3 Å². The van der Waals surface area contributed by atoms with Gasteiger partial charge in [0.2, 0.25) is 0 Å². The fraction of sp³-hybridized carbons (Fsp3) is 0. The number of rotatable bonds is 2. The van der Waals surface area contributed by atoms with E-state index in [1.807, 2.05) is 0 Å². The topological polar surface area (TPSA) is 55.1 Å². The molecule has 0 aliphatic rings. The third-order valence-electron chi connectivity index (χ3n) is 2.41. The van der Waals surface area contributed by atoms with Gasteiger partial charge in [0, 0.05) is 17.8 Å². The van der Waals surface area contributed by atoms with Crippen LogP contribution < -0.4 is 5.32 Å². The Morgan fingerprint density at radius 1 is 1.16 bits per heavy atom. The fourth-order valence-corrected chi connectivity index (χ4v) is 1.77. The normalized spacial score (nSPS) is 10.9. The molecule has 0 spiro atoms. The number of aromatic nitrogens is 4. The second-order valence-corrected chi connectivity index (χ2v) is 4.08. The zero-order valence-electron chi connectivity index (χ0n) is 9.31. The second-order valence-electron chi connectivity index (χ2n) is 3.69. The van der Waals surface area contributed by atoms with Gasteiger partial charge in [-0.15, -0.1) is 0 Å². The van der Waals surface area contributed by atoms with Crippen molar-refractivity contribution in [2.45, 2.75) is 0 Å². The maximum Gasteiger partial charge on any atom is 0.255 e. The third-order valence-corrected chi connectivity index (χ3v) is 2.61. The quantitative estimate of drug-likeness (QED) is 0.734. The van der Waals surface area contributed by atoms with Crippen molar-refractivity contribution in [1.82, 2.24) is 19.6 Å². The highest BCUT2D eigenvalue weighted by Gasteiger charge is 2.08. The molecule has 2 aromatic heterocycles. The molecule has 2 heterocycles. The van der Waals surface area contributed by atoms with Crippen molar-refractivity contribution in [3.05, 3.63) is 47.4 Å². The van der Waals surface area contributed by atoms with Crippen LogP contribution in [0, 0.1) is 11.6 Å². The van der Waals surface area contributed by atoms with Crippen LogP contribution in [-0.4, -0.2) is 19.6 Å². The Balaban J connectivity index is 2.04. The first-order valence-electron chi connectivity index (χ1n) is 5.22. The number of nitrogens with one attached hydrogen (secondary N) is 1. The van der Waals surface area contributed by atoms with Gasteiger partial charge in [0.15, 0.2) is 11.6 Å². The summed E-state index contributed by atoms with van der Waals surface area (Å²) in [5.74, 6) is -1.11. The SMILES string of the molecule is Fc1ccc(Nc2cc(Cl)nc3ncnn23)cc1F. The van der Waals surface area contributed by atoms with Gasteiger partial charge in [-0.05, 0) is 12.1 Å². The largest absolute Gasteiger partial charge is 0.340 e. The highest BCUT2D eigenvalue weighted by Crippen LogP contribution is 2.21. The van der Waals surface area contributed by atoms with E-state index in [9.17, 15) is 8.78 Å². The number of halogens is 3. The zero-order chi connectivity index (χ0) is 13.4. The van der Waals surface area contributed by atoms with Crippen LogP contribution in [0.2, 0.25) is 5.15 Å². The summed E-state index contributed by atoms with van der Waals surface area (Å²) < 4.78 is 27.4. The summed E-state index contributed by atoms with van der Waals surface area (Å²) >= 11 is 5.84. The summed E-state index contributed by atoms with van der Waals surface area (Å²) in [6.45, 7) is 0. The summed E-state index contributed by atoms with van der Waals surface area (Å²) in [6, 6.07) is 4.96. The molecule has 0 bridgehead atoms. The molecule has 0 atom stereocenters. The van der Waals surface area contributed by atoms with Gasteiger partial charge in [-0.2, -0.15) is 19.6 Å². The molecule has 19 heavy (non-hydrogen) atoms. The lowest BCUT2D eigenvalue weighted by Gasteiger charge is -2.08. The molecule has 5 nitrogen and oxygen atoms in total. The lowest BCUT2D eigenvalue weighted by molar-refractivity contribution is 0.509. The van der Waals surface area contributed by atoms with E-state index < -0.39 is 11.6 Å². The van der Waals surface area contributed by atoms with Gasteiger partial charge in [0.1, 0.15) is 17.3 Å². The molecule has 0 saturated heterocycles. The van der Waals surface area contributed by atoms with Crippen LogP contribution in [0.15, 0.2) is 30.6 Å². The lowest BCUT2D eigenvalue weighted by Crippen LogP contribution is -2.02. The Hall–Kier alpha value is -2.28. The fourth-order valence-electron chi connectivity index (χ4n) is 1.59. The summed E-state index contributed by atoms with van der Waals surface area (Å²) in [6.07, 6.45) is 1.31. The van der Waals surface area contributed by atoms with E-state index in [1.165, 1.54) is 23.0 Å². The average molecular weight is 282 g/mol. The van der Waals surface area contributed by atoms with Gasteiger partial charge < -0.3 is 5.32 Å². The molecular formula is C11H6ClF2N5. The van der Waals surface area contributed by atoms with Crippen LogP contribution in [0.5, 0.6) is 0 Å². The maximum atomic E-state index is 13.1. The molecule has 0 saturated carbocycles. The predicted molar refractivity (Wildman–Crippen MR) is 65.4 cm³/mol. The summed E-state index contributed by atoms with van der Waals surface area (Å²) in [7, 11) is 0. The Kier molecular flexibility index (Phi) is 2.75. The monoisotopic (exact) mass is 281 g/mol. The maximum absolute atomic E-state index is 13.1. The molecule has 3 rings (SSSR count). The first kappa shape index (κ1) is 11.8. The average Bonchev–Trinajstić information content (AvgIpc) is 2.82. The molecule has 96 valence electrons. The van der Waals surface area contributed by atoms with Crippen molar-refractivity contribution in [2.24, 2.45) is 0 Å². The number of fused-ring (bicyclic) bond motifs is 1. The van der Waals surface area contributed by atoms with Crippen LogP contribution in [0.3, 0.4) is 0 Å². The van der Waals surface area contributed by atoms with Crippen molar-refractivity contribution in [3.63, 3.8) is 0 Å². The minimum absolute atomic E-state index is 0.214. The molecule has 0 amide bonds. The van der Waals surface area contributed by atoms with Gasteiger partial charge in [0.25, 0.3) is 5.78 Å². The molecule has 3 aromatic rings. The smallest absolute Gasteiger partial charge is 0.255 e. The summed E-state index contributed by atoms with van der Waals surface area (Å²) in [5.41, 5.74) is 0.359. The second kappa shape index (κ2) is 4.43. The number of hydrogen-bond donors (Lipinski definition) is 1. The van der Waals surface area contributed by atoms with Crippen molar-refractivity contribution in [3.8, 4) is 0 Å². The first-order chi connectivity index (χ1) is 9.13. The van der Waals surface area contributed by atoms with Gasteiger partial charge in [-0.3, -0.25) is 0 Å². The highest BCUT2D eigenvalue weighted by atomic mass is 35.5. The molecule has 0 radical (unpaired) electrons. The molecule has 0 fully saturated rings. The van der Waals surface area contributed by atoms with Crippen LogP contribution in [-0.2, 0) is 0 Å². The van der Waals surface area contributed by atoms with Crippen molar-refractivity contribution in [1.29, 1.82) is 0 Å². The highest BCUT2D eigenvalue weighted by molar-refractivity contribution is 6.29. The molecular weight excluding hydrogens is 276 g/mol. The van der Waals surface area contributed by atoms with Gasteiger partial charge in [-0.25, -0.2) is 8.78 Å². The Labute approximate surface area is 110 Å². The molecule has 1 N–H and O–H groups in total. The minimum atomic E-state index is -0.944. The third kappa shape index (κ3) is 2.19. The van der Waals surface area contributed by atoms with E-state index in [0.717, 1.165) is 12.1 Å². The number of benzene rings is 1. The van der Waals surface area contributed by atoms with Crippen molar-refractivity contribution < 1.29 is 8.78 Å². The summed E-state index contributed by atoms with van der Waals surface area (Å²) in [4.78, 5) is 7.85. The predicted octanol–water partition coefficient (Wildman–Crippen LogP) is 2.80. The van der Waals surface area contributed by atoms with Gasteiger partial charge >= 0.3 is 0 Å². The van der Waals surface area contributed by atoms with Gasteiger partial charge in [0.05, 0.1) is 0 Å². The van der Waals surface area contributed by atoms with Crippen molar-refractivity contribution in [2.75, 3.05) is 5.32 Å². The van der Waals surface area contributed by atoms with E-state index in [2.05, 4.69) is 20.4 Å². The van der Waals surface area contributed by atoms with E-state index in [0.29, 0.717) is 17.3 Å². The molecule has 0 aliphatic carbocycles. The standard InChI is InChI=1S/C11H6ClF2N5/c12-9-4-10(19-11(18-9)15-5-16-19)17-6-1-2-7(13)8(14)3-6/h1-5,17H. The van der Waals surface area contributed by atoms with Crippen LogP contribution in [0.1, 0.15) is 0 Å². The first-order valence-corrected chi connectivity index (χ1v) is 5.59. The number of anilines is 2. The van der Waals surface area contributed by atoms with Crippen LogP contribution >= 0.6 is 11.6 Å². The zero-order valence-corrected chi connectivity index (χ0v) is 10.1. The molecule has 0 unspecified atom stereocenters. The summed E-state index contributed by atoms with van der Waals surface area (Å²) in [5, 5.41) is 7.03. The number of hydrogen-bond acceptors (Lipinski definition) is 4. The van der Waals surface area contributed by atoms with E-state index >= 15 is 0 Å². The van der Waals surface area contributed by atoms with E-state index in [-0.39, 0.29) is 5.15 Å². The molecule has 1 aromatic carbocycles. The Bertz CT molecular complexity index is 758.